The van der Waals surface area contributed by atoms with Crippen LogP contribution in [0, 0.1) is 0 Å². The quantitative estimate of drug-likeness (QED) is 0.616. The number of carbonyl (C=O) groups excluding carboxylic acids is 2. The van der Waals surface area contributed by atoms with Gasteiger partial charge in [0.05, 0.1) is 26.2 Å². The van der Waals surface area contributed by atoms with Crippen LogP contribution in [0.15, 0.2) is 29.6 Å². The second-order valence-corrected chi connectivity index (χ2v) is 9.32. The largest absolute Gasteiger partial charge is 0.493 e. The van der Waals surface area contributed by atoms with Crippen LogP contribution in [0.25, 0.3) is 0 Å². The highest BCUT2D eigenvalue weighted by Crippen LogP contribution is 2.46. The summed E-state index contributed by atoms with van der Waals surface area (Å²) in [6.45, 7) is 3.92. The number of hydrogen-bond donors (Lipinski definition) is 1. The average Bonchev–Trinajstić information content (AvgIpc) is 3.52. The monoisotopic (exact) mass is 457 g/mol. The molecule has 172 valence electrons. The maximum Gasteiger partial charge on any atom is 0.254 e. The topological polar surface area (TPSA) is 71.1 Å². The SMILES string of the molecule is COc1cc2c(cc1OC)[C@H](C(=O)NCCCN1CCCC1)[C@@H](c1cccs1)N(C)C2=O. The van der Waals surface area contributed by atoms with Crippen LogP contribution in [-0.4, -0.2) is 69.1 Å². The van der Waals surface area contributed by atoms with Crippen LogP contribution in [-0.2, 0) is 4.79 Å². The summed E-state index contributed by atoms with van der Waals surface area (Å²) in [6.07, 6.45) is 3.44. The van der Waals surface area contributed by atoms with Crippen molar-refractivity contribution in [3.8, 4) is 11.5 Å². The summed E-state index contributed by atoms with van der Waals surface area (Å²) in [7, 11) is 4.87. The number of carbonyl (C=O) groups is 2. The number of likely N-dealkylation sites (N-methyl/N-ethyl adjacent to an activating group) is 1. The number of thiophene rings is 1. The number of hydrogen-bond acceptors (Lipinski definition) is 6. The van der Waals surface area contributed by atoms with Gasteiger partial charge in [-0.25, -0.2) is 0 Å². The fourth-order valence-electron chi connectivity index (χ4n) is 4.78. The Morgan fingerprint density at radius 3 is 2.56 bits per heavy atom. The van der Waals surface area contributed by atoms with Crippen LogP contribution >= 0.6 is 11.3 Å². The van der Waals surface area contributed by atoms with Crippen molar-refractivity contribution in [3.63, 3.8) is 0 Å². The van der Waals surface area contributed by atoms with Gasteiger partial charge in [0.2, 0.25) is 5.91 Å². The summed E-state index contributed by atoms with van der Waals surface area (Å²) >= 11 is 1.56. The van der Waals surface area contributed by atoms with E-state index in [1.807, 2.05) is 17.5 Å². The van der Waals surface area contributed by atoms with E-state index < -0.39 is 5.92 Å². The number of amides is 2. The van der Waals surface area contributed by atoms with Crippen LogP contribution in [0.3, 0.4) is 0 Å². The van der Waals surface area contributed by atoms with Crippen LogP contribution in [0.5, 0.6) is 11.5 Å². The third kappa shape index (κ3) is 4.34. The maximum atomic E-state index is 13.5. The van der Waals surface area contributed by atoms with Gasteiger partial charge in [-0.2, -0.15) is 0 Å². The van der Waals surface area contributed by atoms with Gasteiger partial charge < -0.3 is 24.6 Å². The Balaban J connectivity index is 1.63. The first-order valence-corrected chi connectivity index (χ1v) is 12.0. The highest BCUT2D eigenvalue weighted by molar-refractivity contribution is 7.10. The number of fused-ring (bicyclic) bond motifs is 1. The van der Waals surface area contributed by atoms with Crippen LogP contribution < -0.4 is 14.8 Å². The van der Waals surface area contributed by atoms with Crippen molar-refractivity contribution in [3.05, 3.63) is 45.6 Å². The molecule has 0 aliphatic carbocycles. The molecule has 0 unspecified atom stereocenters. The van der Waals surface area contributed by atoms with Crippen LogP contribution in [0.2, 0.25) is 0 Å². The molecular weight excluding hydrogens is 426 g/mol. The fraction of sp³-hybridized carbons (Fsp3) is 0.500. The minimum absolute atomic E-state index is 0.0716. The van der Waals surface area contributed by atoms with Crippen molar-refractivity contribution in [2.75, 3.05) is 47.4 Å². The van der Waals surface area contributed by atoms with Crippen molar-refractivity contribution >= 4 is 23.2 Å². The molecule has 1 N–H and O–H groups in total. The van der Waals surface area contributed by atoms with Crippen molar-refractivity contribution in [1.29, 1.82) is 0 Å². The Morgan fingerprint density at radius 2 is 1.91 bits per heavy atom. The molecule has 2 aromatic rings. The molecule has 2 aliphatic heterocycles. The van der Waals surface area contributed by atoms with Gasteiger partial charge in [-0.05, 0) is 68.0 Å². The maximum absolute atomic E-state index is 13.5. The second kappa shape index (κ2) is 9.92. The Morgan fingerprint density at radius 1 is 1.19 bits per heavy atom. The van der Waals surface area contributed by atoms with Gasteiger partial charge >= 0.3 is 0 Å². The number of methoxy groups -OCH3 is 2. The van der Waals surface area contributed by atoms with E-state index in [0.717, 1.165) is 30.9 Å². The first-order chi connectivity index (χ1) is 15.5. The first-order valence-electron chi connectivity index (χ1n) is 11.1. The molecule has 0 spiro atoms. The molecule has 0 saturated carbocycles. The zero-order valence-corrected chi connectivity index (χ0v) is 19.7. The lowest BCUT2D eigenvalue weighted by Gasteiger charge is -2.39. The van der Waals surface area contributed by atoms with Gasteiger partial charge in [-0.15, -0.1) is 11.3 Å². The van der Waals surface area contributed by atoms with Gasteiger partial charge in [0, 0.05) is 24.0 Å². The van der Waals surface area contributed by atoms with E-state index in [2.05, 4.69) is 10.2 Å². The molecule has 7 nitrogen and oxygen atoms in total. The van der Waals surface area contributed by atoms with E-state index in [-0.39, 0.29) is 17.9 Å². The normalized spacial score (nSPS) is 20.8. The van der Waals surface area contributed by atoms with Gasteiger partial charge in [-0.3, -0.25) is 9.59 Å². The molecular formula is C24H31N3O4S. The number of likely N-dealkylation sites (tertiary alicyclic amines) is 1. The van der Waals surface area contributed by atoms with E-state index in [1.165, 1.54) is 12.8 Å². The van der Waals surface area contributed by atoms with Crippen molar-refractivity contribution in [2.45, 2.75) is 31.2 Å². The van der Waals surface area contributed by atoms with Gasteiger partial charge in [0.15, 0.2) is 11.5 Å². The van der Waals surface area contributed by atoms with Gasteiger partial charge in [0.1, 0.15) is 0 Å². The summed E-state index contributed by atoms with van der Waals surface area (Å²) in [5.41, 5.74) is 1.16. The smallest absolute Gasteiger partial charge is 0.254 e. The summed E-state index contributed by atoms with van der Waals surface area (Å²) < 4.78 is 10.9. The molecule has 2 atom stereocenters. The lowest BCUT2D eigenvalue weighted by Crippen LogP contribution is -2.45. The van der Waals surface area contributed by atoms with Crippen molar-refractivity contribution < 1.29 is 19.1 Å². The fourth-order valence-corrected chi connectivity index (χ4v) is 5.68. The Bertz CT molecular complexity index is 956. The second-order valence-electron chi connectivity index (χ2n) is 8.34. The minimum atomic E-state index is -0.530. The molecule has 1 aromatic carbocycles. The Kier molecular flexibility index (Phi) is 7.01. The molecule has 0 bridgehead atoms. The van der Waals surface area contributed by atoms with E-state index in [4.69, 9.17) is 9.47 Å². The molecule has 2 amide bonds. The summed E-state index contributed by atoms with van der Waals surface area (Å²) in [5, 5.41) is 5.11. The summed E-state index contributed by atoms with van der Waals surface area (Å²) in [6, 6.07) is 7.04. The van der Waals surface area contributed by atoms with Crippen LogP contribution in [0.1, 0.15) is 52.0 Å². The molecule has 1 saturated heterocycles. The molecule has 0 radical (unpaired) electrons. The first kappa shape index (κ1) is 22.6. The predicted molar refractivity (Wildman–Crippen MR) is 125 cm³/mol. The van der Waals surface area contributed by atoms with Crippen molar-refractivity contribution in [2.24, 2.45) is 0 Å². The highest BCUT2D eigenvalue weighted by Gasteiger charge is 2.44. The Hall–Kier alpha value is -2.58. The average molecular weight is 458 g/mol. The number of nitrogens with zero attached hydrogens (tertiary/aromatic N) is 2. The third-order valence-corrected chi connectivity index (χ3v) is 7.38. The van der Waals surface area contributed by atoms with Crippen LogP contribution in [0.4, 0.5) is 0 Å². The lowest BCUT2D eigenvalue weighted by atomic mass is 9.81. The summed E-state index contributed by atoms with van der Waals surface area (Å²) in [5.74, 6) is 0.265. The molecule has 32 heavy (non-hydrogen) atoms. The predicted octanol–water partition coefficient (Wildman–Crippen LogP) is 3.28. The zero-order valence-electron chi connectivity index (χ0n) is 18.9. The van der Waals surface area contributed by atoms with Gasteiger partial charge in [-0.1, -0.05) is 6.07 Å². The van der Waals surface area contributed by atoms with E-state index in [1.54, 1.807) is 49.6 Å². The molecule has 1 aromatic heterocycles. The molecule has 8 heteroatoms. The molecule has 1 fully saturated rings. The molecule has 3 heterocycles. The van der Waals surface area contributed by atoms with E-state index in [9.17, 15) is 9.59 Å². The van der Waals surface area contributed by atoms with Crippen molar-refractivity contribution in [1.82, 2.24) is 15.1 Å². The van der Waals surface area contributed by atoms with E-state index >= 15 is 0 Å². The zero-order chi connectivity index (χ0) is 22.7. The van der Waals surface area contributed by atoms with Gasteiger partial charge in [0.25, 0.3) is 5.91 Å². The number of rotatable bonds is 8. The third-order valence-electron chi connectivity index (χ3n) is 6.44. The number of nitrogens with one attached hydrogen (secondary N) is 1. The van der Waals surface area contributed by atoms with E-state index in [0.29, 0.717) is 29.2 Å². The summed E-state index contributed by atoms with van der Waals surface area (Å²) in [4.78, 5) is 31.9. The standard InChI is InChI=1S/C24H31N3O4S/c1-26-22(20-8-6-13-32-20)21(23(28)25-9-7-12-27-10-4-5-11-27)16-14-18(30-2)19(31-3)15-17(16)24(26)29/h6,8,13-15,21-22H,4-5,7,9-12H2,1-3H3,(H,25,28)/t21-,22+/m0/s1. The number of ether oxygens (including phenoxy) is 2. The molecule has 4 rings (SSSR count). The lowest BCUT2D eigenvalue weighted by molar-refractivity contribution is -0.124. The number of benzene rings is 1. The Labute approximate surface area is 193 Å². The highest BCUT2D eigenvalue weighted by atomic mass is 32.1. The minimum Gasteiger partial charge on any atom is -0.493 e. The molecule has 2 aliphatic rings.